The van der Waals surface area contributed by atoms with Gasteiger partial charge in [0.15, 0.2) is 5.16 Å². The molecule has 0 unspecified atom stereocenters. The van der Waals surface area contributed by atoms with E-state index in [1.807, 2.05) is 23.7 Å². The van der Waals surface area contributed by atoms with E-state index in [1.54, 1.807) is 11.8 Å². The summed E-state index contributed by atoms with van der Waals surface area (Å²) in [5, 5.41) is 9.97. The molecule has 1 fully saturated rings. The maximum absolute atomic E-state index is 4.53. The van der Waals surface area contributed by atoms with Crippen molar-refractivity contribution in [1.82, 2.24) is 24.6 Å². The number of aryl methyl sites for hydroxylation is 1. The summed E-state index contributed by atoms with van der Waals surface area (Å²) in [6.45, 7) is 5.53. The molecule has 4 rings (SSSR count). The minimum atomic E-state index is 0.513. The molecule has 0 saturated carbocycles. The lowest BCUT2D eigenvalue weighted by Crippen LogP contribution is -2.33. The van der Waals surface area contributed by atoms with Gasteiger partial charge in [0.2, 0.25) is 0 Å². The molecule has 27 heavy (non-hydrogen) atoms. The Hall–Kier alpha value is -1.70. The van der Waals surface area contributed by atoms with Crippen LogP contribution in [0.3, 0.4) is 0 Å². The smallest absolute Gasteiger partial charge is 0.191 e. The molecule has 0 spiro atoms. The molecule has 1 saturated heterocycles. The van der Waals surface area contributed by atoms with Gasteiger partial charge < -0.3 is 4.57 Å². The summed E-state index contributed by atoms with van der Waals surface area (Å²) in [5.41, 5.74) is 1.26. The number of hydrogen-bond donors (Lipinski definition) is 0. The van der Waals surface area contributed by atoms with Gasteiger partial charge in [-0.15, -0.1) is 21.5 Å². The first-order valence-corrected chi connectivity index (χ1v) is 11.2. The van der Waals surface area contributed by atoms with Crippen LogP contribution in [-0.2, 0) is 19.3 Å². The third kappa shape index (κ3) is 4.59. The van der Waals surface area contributed by atoms with Crippen LogP contribution >= 0.6 is 23.1 Å². The fourth-order valence-electron chi connectivity index (χ4n) is 3.57. The quantitative estimate of drug-likeness (QED) is 0.580. The van der Waals surface area contributed by atoms with Gasteiger partial charge in [0, 0.05) is 47.4 Å². The zero-order valence-electron chi connectivity index (χ0n) is 15.8. The van der Waals surface area contributed by atoms with Crippen molar-refractivity contribution in [3.05, 3.63) is 57.8 Å². The molecule has 0 aliphatic carbocycles. The van der Waals surface area contributed by atoms with Crippen molar-refractivity contribution < 1.29 is 0 Å². The highest BCUT2D eigenvalue weighted by molar-refractivity contribution is 7.98. The van der Waals surface area contributed by atoms with Crippen molar-refractivity contribution in [2.45, 2.75) is 43.1 Å². The monoisotopic (exact) mass is 399 g/mol. The number of likely N-dealkylation sites (tertiary alicyclic amines) is 1. The van der Waals surface area contributed by atoms with Crippen molar-refractivity contribution in [2.75, 3.05) is 13.1 Å². The maximum Gasteiger partial charge on any atom is 0.191 e. The first kappa shape index (κ1) is 18.7. The zero-order chi connectivity index (χ0) is 18.6. The molecule has 1 aliphatic heterocycles. The summed E-state index contributed by atoms with van der Waals surface area (Å²) in [6, 6.07) is 8.59. The van der Waals surface area contributed by atoms with Crippen LogP contribution in [0.2, 0.25) is 0 Å². The topological polar surface area (TPSA) is 46.8 Å². The largest absolute Gasteiger partial charge is 0.309 e. The summed E-state index contributed by atoms with van der Waals surface area (Å²) >= 11 is 3.66. The van der Waals surface area contributed by atoms with Gasteiger partial charge in [-0.1, -0.05) is 11.8 Å². The van der Waals surface area contributed by atoms with E-state index in [0.717, 1.165) is 49.2 Å². The second-order valence-electron chi connectivity index (χ2n) is 7.11. The van der Waals surface area contributed by atoms with Crippen LogP contribution in [0.25, 0.3) is 0 Å². The molecule has 5 nitrogen and oxygen atoms in total. The van der Waals surface area contributed by atoms with Crippen LogP contribution in [0.4, 0.5) is 0 Å². The van der Waals surface area contributed by atoms with Crippen LogP contribution < -0.4 is 0 Å². The number of thiophene rings is 1. The summed E-state index contributed by atoms with van der Waals surface area (Å²) < 4.78 is 2.19. The van der Waals surface area contributed by atoms with Crippen molar-refractivity contribution >= 4 is 23.1 Å². The molecule has 4 heterocycles. The number of piperidine rings is 1. The third-order valence-electron chi connectivity index (χ3n) is 5.11. The Morgan fingerprint density at radius 1 is 1.11 bits per heavy atom. The van der Waals surface area contributed by atoms with Gasteiger partial charge in [0.1, 0.15) is 5.82 Å². The van der Waals surface area contributed by atoms with Gasteiger partial charge in [0.05, 0.1) is 0 Å². The van der Waals surface area contributed by atoms with E-state index in [2.05, 4.69) is 62.9 Å². The highest BCUT2D eigenvalue weighted by Crippen LogP contribution is 2.30. The molecule has 0 radical (unpaired) electrons. The fraction of sp³-hybridized carbons (Fsp3) is 0.450. The van der Waals surface area contributed by atoms with Crippen LogP contribution in [0.15, 0.2) is 41.8 Å². The summed E-state index contributed by atoms with van der Waals surface area (Å²) in [6.07, 6.45) is 5.99. The van der Waals surface area contributed by atoms with Gasteiger partial charge in [-0.25, -0.2) is 0 Å². The first-order valence-electron chi connectivity index (χ1n) is 9.37. The molecule has 0 aromatic carbocycles. The van der Waals surface area contributed by atoms with Crippen molar-refractivity contribution in [2.24, 2.45) is 7.05 Å². The fourth-order valence-corrected chi connectivity index (χ4v) is 5.38. The lowest BCUT2D eigenvalue weighted by molar-refractivity contribution is 0.202. The van der Waals surface area contributed by atoms with Gasteiger partial charge >= 0.3 is 0 Å². The normalized spacial score (nSPS) is 16.1. The predicted octanol–water partition coefficient (Wildman–Crippen LogP) is 4.25. The standard InChI is InChI=1S/C20H25N5S2/c1-15-3-4-18(27-15)13-25-11-7-17(8-12-25)19-22-23-20(24(19)2)26-14-16-5-9-21-10-6-16/h3-6,9-10,17H,7-8,11-14H2,1-2H3. The highest BCUT2D eigenvalue weighted by Gasteiger charge is 2.25. The van der Waals surface area contributed by atoms with E-state index < -0.39 is 0 Å². The van der Waals surface area contributed by atoms with E-state index in [-0.39, 0.29) is 0 Å². The van der Waals surface area contributed by atoms with Crippen LogP contribution in [0.5, 0.6) is 0 Å². The maximum atomic E-state index is 4.53. The minimum Gasteiger partial charge on any atom is -0.309 e. The Kier molecular flexibility index (Phi) is 5.90. The minimum absolute atomic E-state index is 0.513. The molecular formula is C20H25N5S2. The molecule has 0 bridgehead atoms. The van der Waals surface area contributed by atoms with Crippen molar-refractivity contribution in [1.29, 1.82) is 0 Å². The van der Waals surface area contributed by atoms with Crippen molar-refractivity contribution in [3.63, 3.8) is 0 Å². The number of rotatable bonds is 6. The van der Waals surface area contributed by atoms with E-state index in [0.29, 0.717) is 5.92 Å². The van der Waals surface area contributed by atoms with Gasteiger partial charge in [-0.05, 0) is 62.7 Å². The Labute approximate surface area is 168 Å². The number of pyridine rings is 1. The van der Waals surface area contributed by atoms with Crippen LogP contribution in [-0.4, -0.2) is 37.7 Å². The van der Waals surface area contributed by atoms with E-state index in [1.165, 1.54) is 15.3 Å². The number of thioether (sulfide) groups is 1. The second-order valence-corrected chi connectivity index (χ2v) is 9.42. The van der Waals surface area contributed by atoms with Gasteiger partial charge in [0.25, 0.3) is 0 Å². The number of nitrogens with zero attached hydrogens (tertiary/aromatic N) is 5. The van der Waals surface area contributed by atoms with E-state index >= 15 is 0 Å². The predicted molar refractivity (Wildman–Crippen MR) is 111 cm³/mol. The summed E-state index contributed by atoms with van der Waals surface area (Å²) in [4.78, 5) is 9.51. The average molecular weight is 400 g/mol. The molecular weight excluding hydrogens is 374 g/mol. The number of hydrogen-bond acceptors (Lipinski definition) is 6. The Morgan fingerprint density at radius 2 is 1.89 bits per heavy atom. The molecule has 1 aliphatic rings. The third-order valence-corrected chi connectivity index (χ3v) is 7.19. The van der Waals surface area contributed by atoms with Crippen LogP contribution in [0.1, 0.15) is 39.9 Å². The number of aromatic nitrogens is 4. The summed E-state index contributed by atoms with van der Waals surface area (Å²) in [7, 11) is 2.10. The molecule has 142 valence electrons. The Bertz CT molecular complexity index is 866. The molecule has 7 heteroatoms. The van der Waals surface area contributed by atoms with Crippen molar-refractivity contribution in [3.8, 4) is 0 Å². The molecule has 0 amide bonds. The molecule has 3 aromatic heterocycles. The Balaban J connectivity index is 1.32. The van der Waals surface area contributed by atoms with Crippen LogP contribution in [0, 0.1) is 6.92 Å². The van der Waals surface area contributed by atoms with E-state index in [4.69, 9.17) is 0 Å². The first-order chi connectivity index (χ1) is 13.2. The highest BCUT2D eigenvalue weighted by atomic mass is 32.2. The lowest BCUT2D eigenvalue weighted by Gasteiger charge is -2.31. The Morgan fingerprint density at radius 3 is 2.59 bits per heavy atom. The SMILES string of the molecule is Cc1ccc(CN2CCC(c3nnc(SCc4ccncc4)n3C)CC2)s1. The zero-order valence-corrected chi connectivity index (χ0v) is 17.5. The van der Waals surface area contributed by atoms with E-state index in [9.17, 15) is 0 Å². The molecule has 3 aromatic rings. The second kappa shape index (κ2) is 8.54. The molecule has 0 N–H and O–H groups in total. The van der Waals surface area contributed by atoms with Gasteiger partial charge in [-0.3, -0.25) is 9.88 Å². The van der Waals surface area contributed by atoms with Gasteiger partial charge in [-0.2, -0.15) is 0 Å². The summed E-state index contributed by atoms with van der Waals surface area (Å²) in [5.74, 6) is 2.55. The molecule has 0 atom stereocenters. The average Bonchev–Trinajstić information content (AvgIpc) is 3.27. The lowest BCUT2D eigenvalue weighted by atomic mass is 9.96.